The molecular formula is C13H20O2. The lowest BCUT2D eigenvalue weighted by molar-refractivity contribution is 0.274. The molecule has 0 heterocycles. The van der Waals surface area contributed by atoms with Crippen LogP contribution in [0, 0.1) is 0 Å². The summed E-state index contributed by atoms with van der Waals surface area (Å²) in [5.41, 5.74) is 1.29. The number of ether oxygens (including phenoxy) is 1. The van der Waals surface area contributed by atoms with Crippen molar-refractivity contribution in [3.05, 3.63) is 29.8 Å². The van der Waals surface area contributed by atoms with Crippen molar-refractivity contribution in [2.24, 2.45) is 0 Å². The highest BCUT2D eigenvalue weighted by Gasteiger charge is 2.08. The lowest BCUT2D eigenvalue weighted by atomic mass is 9.94. The van der Waals surface area contributed by atoms with E-state index in [0.717, 1.165) is 18.6 Å². The van der Waals surface area contributed by atoms with Gasteiger partial charge >= 0.3 is 0 Å². The summed E-state index contributed by atoms with van der Waals surface area (Å²) in [5.74, 6) is 1.38. The molecule has 0 aliphatic rings. The van der Waals surface area contributed by atoms with Gasteiger partial charge in [-0.05, 0) is 43.4 Å². The molecule has 0 aromatic heterocycles. The maximum Gasteiger partial charge on any atom is 0.119 e. The predicted molar refractivity (Wildman–Crippen MR) is 62.3 cm³/mol. The summed E-state index contributed by atoms with van der Waals surface area (Å²) in [6.07, 6.45) is 1.90. The third-order valence-electron chi connectivity index (χ3n) is 2.63. The van der Waals surface area contributed by atoms with Crippen LogP contribution in [0.1, 0.15) is 38.2 Å². The second kappa shape index (κ2) is 6.46. The molecule has 1 aromatic rings. The van der Waals surface area contributed by atoms with Gasteiger partial charge in [-0.25, -0.2) is 0 Å². The second-order valence-electron chi connectivity index (χ2n) is 3.62. The summed E-state index contributed by atoms with van der Waals surface area (Å²) in [6, 6.07) is 8.18. The summed E-state index contributed by atoms with van der Waals surface area (Å²) < 4.78 is 5.38. The molecule has 1 rings (SSSR count). The van der Waals surface area contributed by atoms with E-state index in [9.17, 15) is 0 Å². The fraction of sp³-hybridized carbons (Fsp3) is 0.538. The summed E-state index contributed by atoms with van der Waals surface area (Å²) in [5, 5.41) is 8.94. The van der Waals surface area contributed by atoms with Gasteiger partial charge in [-0.3, -0.25) is 0 Å². The highest BCUT2D eigenvalue weighted by Crippen LogP contribution is 2.24. The first-order valence-corrected chi connectivity index (χ1v) is 5.65. The summed E-state index contributed by atoms with van der Waals surface area (Å²) in [6.45, 7) is 5.09. The maximum absolute atomic E-state index is 8.94. The zero-order chi connectivity index (χ0) is 11.1. The van der Waals surface area contributed by atoms with Crippen LogP contribution in [0.15, 0.2) is 24.3 Å². The number of aliphatic hydroxyl groups excluding tert-OH is 1. The molecule has 1 unspecified atom stereocenters. The number of hydrogen-bond donors (Lipinski definition) is 1. The van der Waals surface area contributed by atoms with E-state index in [-0.39, 0.29) is 6.61 Å². The van der Waals surface area contributed by atoms with Gasteiger partial charge in [0.05, 0.1) is 6.61 Å². The fourth-order valence-corrected chi connectivity index (χ4v) is 1.77. The van der Waals surface area contributed by atoms with Crippen molar-refractivity contribution >= 4 is 0 Å². The SMILES string of the molecule is CCOc1ccc(C(CC)CCO)cc1. The lowest BCUT2D eigenvalue weighted by Crippen LogP contribution is -2.00. The molecule has 15 heavy (non-hydrogen) atoms. The molecule has 0 aliphatic carbocycles. The van der Waals surface area contributed by atoms with Crippen molar-refractivity contribution < 1.29 is 9.84 Å². The quantitative estimate of drug-likeness (QED) is 0.778. The molecular weight excluding hydrogens is 188 g/mol. The smallest absolute Gasteiger partial charge is 0.119 e. The van der Waals surface area contributed by atoms with Gasteiger partial charge in [-0.15, -0.1) is 0 Å². The predicted octanol–water partition coefficient (Wildman–Crippen LogP) is 2.96. The van der Waals surface area contributed by atoms with E-state index in [2.05, 4.69) is 19.1 Å². The van der Waals surface area contributed by atoms with Gasteiger partial charge in [0.1, 0.15) is 5.75 Å². The standard InChI is InChI=1S/C13H20O2/c1-3-11(9-10-14)12-5-7-13(8-6-12)15-4-2/h5-8,11,14H,3-4,9-10H2,1-2H3. The van der Waals surface area contributed by atoms with Gasteiger partial charge in [0, 0.05) is 6.61 Å². The minimum atomic E-state index is 0.256. The monoisotopic (exact) mass is 208 g/mol. The Morgan fingerprint density at radius 2 is 1.87 bits per heavy atom. The molecule has 1 atom stereocenters. The number of benzene rings is 1. The van der Waals surface area contributed by atoms with Crippen LogP contribution in [-0.2, 0) is 0 Å². The van der Waals surface area contributed by atoms with Crippen LogP contribution in [-0.4, -0.2) is 18.3 Å². The van der Waals surface area contributed by atoms with Gasteiger partial charge < -0.3 is 9.84 Å². The minimum absolute atomic E-state index is 0.256. The van der Waals surface area contributed by atoms with Gasteiger partial charge in [0.2, 0.25) is 0 Å². The van der Waals surface area contributed by atoms with Crippen molar-refractivity contribution in [1.29, 1.82) is 0 Å². The van der Waals surface area contributed by atoms with Gasteiger partial charge in [0.25, 0.3) is 0 Å². The van der Waals surface area contributed by atoms with Gasteiger partial charge in [-0.1, -0.05) is 19.1 Å². The first-order valence-electron chi connectivity index (χ1n) is 5.65. The number of rotatable bonds is 6. The molecule has 2 nitrogen and oxygen atoms in total. The van der Waals surface area contributed by atoms with E-state index >= 15 is 0 Å². The zero-order valence-corrected chi connectivity index (χ0v) is 9.57. The topological polar surface area (TPSA) is 29.5 Å². The second-order valence-corrected chi connectivity index (χ2v) is 3.62. The third-order valence-corrected chi connectivity index (χ3v) is 2.63. The first kappa shape index (κ1) is 12.1. The van der Waals surface area contributed by atoms with Crippen LogP contribution in [0.25, 0.3) is 0 Å². The zero-order valence-electron chi connectivity index (χ0n) is 9.57. The average Bonchev–Trinajstić information content (AvgIpc) is 2.28. The fourth-order valence-electron chi connectivity index (χ4n) is 1.77. The van der Waals surface area contributed by atoms with E-state index in [1.54, 1.807) is 0 Å². The van der Waals surface area contributed by atoms with Crippen molar-refractivity contribution in [3.8, 4) is 5.75 Å². The van der Waals surface area contributed by atoms with Crippen molar-refractivity contribution in [2.75, 3.05) is 13.2 Å². The summed E-state index contributed by atoms with van der Waals surface area (Å²) in [7, 11) is 0. The first-order chi connectivity index (χ1) is 7.31. The lowest BCUT2D eigenvalue weighted by Gasteiger charge is -2.14. The molecule has 0 amide bonds. The Hall–Kier alpha value is -1.02. The average molecular weight is 208 g/mol. The molecule has 1 aromatic carbocycles. The van der Waals surface area contributed by atoms with Crippen LogP contribution in [0.2, 0.25) is 0 Å². The summed E-state index contributed by atoms with van der Waals surface area (Å²) in [4.78, 5) is 0. The van der Waals surface area contributed by atoms with Crippen molar-refractivity contribution in [3.63, 3.8) is 0 Å². The summed E-state index contributed by atoms with van der Waals surface area (Å²) >= 11 is 0. The van der Waals surface area contributed by atoms with Crippen LogP contribution >= 0.6 is 0 Å². The molecule has 0 saturated carbocycles. The Morgan fingerprint density at radius 3 is 2.33 bits per heavy atom. The van der Waals surface area contributed by atoms with Crippen LogP contribution in [0.4, 0.5) is 0 Å². The van der Waals surface area contributed by atoms with Crippen LogP contribution in [0.3, 0.4) is 0 Å². The van der Waals surface area contributed by atoms with E-state index in [1.807, 2.05) is 19.1 Å². The number of aliphatic hydroxyl groups is 1. The Labute approximate surface area is 91.9 Å². The molecule has 0 spiro atoms. The van der Waals surface area contributed by atoms with E-state index in [4.69, 9.17) is 9.84 Å². The van der Waals surface area contributed by atoms with Crippen LogP contribution in [0.5, 0.6) is 5.75 Å². The maximum atomic E-state index is 8.94. The Bertz CT molecular complexity index is 266. The van der Waals surface area contributed by atoms with Gasteiger partial charge in [0.15, 0.2) is 0 Å². The normalized spacial score (nSPS) is 12.5. The third kappa shape index (κ3) is 3.56. The van der Waals surface area contributed by atoms with E-state index in [1.165, 1.54) is 5.56 Å². The van der Waals surface area contributed by atoms with Crippen LogP contribution < -0.4 is 4.74 Å². The van der Waals surface area contributed by atoms with E-state index in [0.29, 0.717) is 12.5 Å². The van der Waals surface area contributed by atoms with Gasteiger partial charge in [-0.2, -0.15) is 0 Å². The highest BCUT2D eigenvalue weighted by atomic mass is 16.5. The Kier molecular flexibility index (Phi) is 5.19. The number of hydrogen-bond acceptors (Lipinski definition) is 2. The van der Waals surface area contributed by atoms with Crippen molar-refractivity contribution in [2.45, 2.75) is 32.6 Å². The largest absolute Gasteiger partial charge is 0.494 e. The molecule has 0 fully saturated rings. The minimum Gasteiger partial charge on any atom is -0.494 e. The molecule has 84 valence electrons. The van der Waals surface area contributed by atoms with Crippen molar-refractivity contribution in [1.82, 2.24) is 0 Å². The molecule has 2 heteroatoms. The molecule has 0 saturated heterocycles. The Balaban J connectivity index is 2.68. The van der Waals surface area contributed by atoms with E-state index < -0.39 is 0 Å². The molecule has 0 bridgehead atoms. The Morgan fingerprint density at radius 1 is 1.20 bits per heavy atom. The molecule has 1 N–H and O–H groups in total. The highest BCUT2D eigenvalue weighted by molar-refractivity contribution is 5.29. The molecule has 0 aliphatic heterocycles. The molecule has 0 radical (unpaired) electrons.